The van der Waals surface area contributed by atoms with Gasteiger partial charge in [-0.3, -0.25) is 0 Å². The predicted molar refractivity (Wildman–Crippen MR) is 79.1 cm³/mol. The van der Waals surface area contributed by atoms with Gasteiger partial charge in [0.2, 0.25) is 0 Å². The molecule has 7 heteroatoms. The fraction of sp³-hybridized carbons (Fsp3) is 0.375. The van der Waals surface area contributed by atoms with Gasteiger partial charge in [-0.1, -0.05) is 12.2 Å². The molecule has 2 bridgehead atoms. The number of halogens is 3. The van der Waals surface area contributed by atoms with Crippen molar-refractivity contribution in [3.05, 3.63) is 40.5 Å². The van der Waals surface area contributed by atoms with Crippen molar-refractivity contribution in [1.82, 2.24) is 0 Å². The van der Waals surface area contributed by atoms with E-state index in [0.29, 0.717) is 11.5 Å². The molecule has 0 amide bonds. The highest BCUT2D eigenvalue weighted by molar-refractivity contribution is 7.88. The SMILES string of the molecule is Cc1cc(OS(=O)(=O)C(F)(F)F)c(C)c2c1C1=C2C2C=CC1C2. The third-order valence-electron chi connectivity index (χ3n) is 4.87. The number of alkyl halides is 3. The first-order chi connectivity index (χ1) is 10.6. The van der Waals surface area contributed by atoms with E-state index in [9.17, 15) is 21.6 Å². The van der Waals surface area contributed by atoms with E-state index in [4.69, 9.17) is 0 Å². The van der Waals surface area contributed by atoms with Gasteiger partial charge in [0.05, 0.1) is 0 Å². The fourth-order valence-corrected chi connectivity index (χ4v) is 4.43. The molecule has 0 N–H and O–H groups in total. The molecule has 0 aliphatic heterocycles. The summed E-state index contributed by atoms with van der Waals surface area (Å²) in [5.41, 5.74) is 0.0861. The quantitative estimate of drug-likeness (QED) is 0.464. The van der Waals surface area contributed by atoms with Crippen LogP contribution in [0.3, 0.4) is 0 Å². The smallest absolute Gasteiger partial charge is 0.376 e. The normalized spacial score (nSPS) is 24.6. The van der Waals surface area contributed by atoms with Gasteiger partial charge in [0.15, 0.2) is 0 Å². The second-order valence-electron chi connectivity index (χ2n) is 6.21. The Morgan fingerprint density at radius 2 is 1.65 bits per heavy atom. The van der Waals surface area contributed by atoms with Crippen LogP contribution in [0.15, 0.2) is 18.2 Å². The van der Waals surface area contributed by atoms with Gasteiger partial charge < -0.3 is 4.18 Å². The molecular weight excluding hydrogens is 329 g/mol. The lowest BCUT2D eigenvalue weighted by Gasteiger charge is -2.33. The summed E-state index contributed by atoms with van der Waals surface area (Å²) in [5, 5.41) is 0. The summed E-state index contributed by atoms with van der Waals surface area (Å²) < 4.78 is 64.6. The van der Waals surface area contributed by atoms with E-state index in [-0.39, 0.29) is 11.7 Å². The second kappa shape index (κ2) is 4.20. The topological polar surface area (TPSA) is 43.4 Å². The number of benzene rings is 1. The Balaban J connectivity index is 1.80. The van der Waals surface area contributed by atoms with Crippen LogP contribution in [0.1, 0.15) is 28.7 Å². The molecule has 3 aliphatic rings. The summed E-state index contributed by atoms with van der Waals surface area (Å²) in [4.78, 5) is 0. The first-order valence-electron chi connectivity index (χ1n) is 7.20. The first kappa shape index (κ1) is 14.8. The number of hydrogen-bond donors (Lipinski definition) is 0. The van der Waals surface area contributed by atoms with Gasteiger partial charge in [0.1, 0.15) is 5.75 Å². The largest absolute Gasteiger partial charge is 0.534 e. The van der Waals surface area contributed by atoms with Crippen LogP contribution in [0, 0.1) is 25.7 Å². The van der Waals surface area contributed by atoms with Crippen molar-refractivity contribution in [2.45, 2.75) is 25.8 Å². The molecule has 23 heavy (non-hydrogen) atoms. The number of aryl methyl sites for hydroxylation is 1. The Morgan fingerprint density at radius 1 is 1.09 bits per heavy atom. The van der Waals surface area contributed by atoms with E-state index in [1.807, 2.05) is 0 Å². The van der Waals surface area contributed by atoms with Crippen molar-refractivity contribution in [2.24, 2.45) is 11.8 Å². The average molecular weight is 342 g/mol. The molecule has 2 unspecified atom stereocenters. The molecule has 0 heterocycles. The molecule has 3 aliphatic carbocycles. The van der Waals surface area contributed by atoms with Gasteiger partial charge in [-0.15, -0.1) is 0 Å². The lowest BCUT2D eigenvalue weighted by molar-refractivity contribution is -0.0500. The minimum Gasteiger partial charge on any atom is -0.376 e. The van der Waals surface area contributed by atoms with Gasteiger partial charge in [0, 0.05) is 17.4 Å². The van der Waals surface area contributed by atoms with E-state index in [1.165, 1.54) is 11.6 Å². The molecule has 2 atom stereocenters. The van der Waals surface area contributed by atoms with Crippen LogP contribution in [0.4, 0.5) is 13.2 Å². The van der Waals surface area contributed by atoms with Crippen molar-refractivity contribution in [2.75, 3.05) is 0 Å². The molecule has 122 valence electrons. The highest BCUT2D eigenvalue weighted by Gasteiger charge is 2.50. The zero-order valence-electron chi connectivity index (χ0n) is 12.4. The lowest BCUT2D eigenvalue weighted by atomic mass is 9.71. The van der Waals surface area contributed by atoms with E-state index < -0.39 is 15.6 Å². The summed E-state index contributed by atoms with van der Waals surface area (Å²) in [6.07, 6.45) is 5.27. The van der Waals surface area contributed by atoms with Crippen LogP contribution in [0.25, 0.3) is 11.1 Å². The molecule has 4 rings (SSSR count). The molecule has 0 aromatic heterocycles. The van der Waals surface area contributed by atoms with E-state index in [2.05, 4.69) is 16.3 Å². The molecule has 0 radical (unpaired) electrons. The fourth-order valence-electron chi connectivity index (χ4n) is 3.92. The summed E-state index contributed by atoms with van der Waals surface area (Å²) in [5.74, 6) is 0.429. The van der Waals surface area contributed by atoms with Gasteiger partial charge in [0.25, 0.3) is 0 Å². The maximum absolute atomic E-state index is 12.6. The van der Waals surface area contributed by atoms with E-state index in [0.717, 1.165) is 28.7 Å². The van der Waals surface area contributed by atoms with Crippen molar-refractivity contribution in [1.29, 1.82) is 0 Å². The maximum atomic E-state index is 12.6. The summed E-state index contributed by atoms with van der Waals surface area (Å²) >= 11 is 0. The Kier molecular flexibility index (Phi) is 2.70. The van der Waals surface area contributed by atoms with Crippen LogP contribution in [-0.4, -0.2) is 13.9 Å². The Labute approximate surface area is 131 Å². The summed E-state index contributed by atoms with van der Waals surface area (Å²) in [6.45, 7) is 3.38. The van der Waals surface area contributed by atoms with Gasteiger partial charge in [-0.05, 0) is 54.2 Å². The number of rotatable bonds is 2. The molecular formula is C16H13F3O3S. The number of fused-ring (bicyclic) bond motifs is 7. The van der Waals surface area contributed by atoms with Crippen LogP contribution >= 0.6 is 0 Å². The van der Waals surface area contributed by atoms with Crippen LogP contribution in [0.2, 0.25) is 0 Å². The third kappa shape index (κ3) is 1.80. The molecule has 0 fully saturated rings. The Hall–Kier alpha value is -1.76. The van der Waals surface area contributed by atoms with E-state index in [1.54, 1.807) is 13.8 Å². The van der Waals surface area contributed by atoms with E-state index >= 15 is 0 Å². The second-order valence-corrected chi connectivity index (χ2v) is 7.75. The third-order valence-corrected chi connectivity index (χ3v) is 5.84. The molecule has 0 spiro atoms. The van der Waals surface area contributed by atoms with Crippen LogP contribution < -0.4 is 4.18 Å². The van der Waals surface area contributed by atoms with Crippen molar-refractivity contribution in [3.63, 3.8) is 0 Å². The summed E-state index contributed by atoms with van der Waals surface area (Å²) in [7, 11) is -5.66. The van der Waals surface area contributed by atoms with Crippen LogP contribution in [0.5, 0.6) is 5.75 Å². The molecule has 3 nitrogen and oxygen atoms in total. The predicted octanol–water partition coefficient (Wildman–Crippen LogP) is 3.96. The zero-order valence-corrected chi connectivity index (χ0v) is 13.2. The highest BCUT2D eigenvalue weighted by atomic mass is 32.2. The zero-order chi connectivity index (χ0) is 16.7. The maximum Gasteiger partial charge on any atom is 0.534 e. The Bertz CT molecular complexity index is 907. The van der Waals surface area contributed by atoms with Crippen molar-refractivity contribution in [3.8, 4) is 5.75 Å². The minimum atomic E-state index is -5.66. The monoisotopic (exact) mass is 342 g/mol. The molecule has 0 saturated heterocycles. The Morgan fingerprint density at radius 3 is 2.22 bits per heavy atom. The van der Waals surface area contributed by atoms with Crippen molar-refractivity contribution >= 4 is 21.3 Å². The molecule has 1 aromatic rings. The number of allylic oxidation sites excluding steroid dienone is 4. The molecule has 1 aromatic carbocycles. The number of hydrogen-bond acceptors (Lipinski definition) is 3. The molecule has 0 saturated carbocycles. The van der Waals surface area contributed by atoms with Crippen LogP contribution in [-0.2, 0) is 10.1 Å². The van der Waals surface area contributed by atoms with Crippen molar-refractivity contribution < 1.29 is 25.8 Å². The lowest BCUT2D eigenvalue weighted by Crippen LogP contribution is -2.28. The van der Waals surface area contributed by atoms with Gasteiger partial charge in [-0.2, -0.15) is 21.6 Å². The highest BCUT2D eigenvalue weighted by Crippen LogP contribution is 2.62. The minimum absolute atomic E-state index is 0.239. The first-order valence-corrected chi connectivity index (χ1v) is 8.60. The standard InChI is InChI=1S/C16H13F3O3S/c1-7-5-11(22-23(20,21)16(17,18)19)8(2)13-12(7)14-9-3-4-10(6-9)15(13)14/h3-5,9-10H,6H2,1-2H3. The summed E-state index contributed by atoms with van der Waals surface area (Å²) in [6, 6.07) is 1.39. The van der Waals surface area contributed by atoms with Gasteiger partial charge in [-0.25, -0.2) is 0 Å². The average Bonchev–Trinajstić information content (AvgIpc) is 2.92. The van der Waals surface area contributed by atoms with Gasteiger partial charge >= 0.3 is 15.6 Å².